The Kier molecular flexibility index (Phi) is 6.65. The fourth-order valence-corrected chi connectivity index (χ4v) is 3.72. The van der Waals surface area contributed by atoms with Crippen molar-refractivity contribution in [2.45, 2.75) is 40.2 Å². The first-order valence-corrected chi connectivity index (χ1v) is 10.4. The molecule has 1 aliphatic heterocycles. The van der Waals surface area contributed by atoms with Crippen molar-refractivity contribution in [2.75, 3.05) is 25.5 Å². The molecule has 3 rings (SSSR count). The Morgan fingerprint density at radius 1 is 1.07 bits per heavy atom. The number of ether oxygens (including phenoxy) is 1. The molecule has 2 N–H and O–H groups in total. The number of hydrogen-bond donors (Lipinski definition) is 2. The van der Waals surface area contributed by atoms with Crippen LogP contribution in [0, 0.1) is 19.3 Å². The van der Waals surface area contributed by atoms with Crippen LogP contribution in [0.25, 0.3) is 0 Å². The zero-order valence-corrected chi connectivity index (χ0v) is 18.2. The zero-order valence-electron chi connectivity index (χ0n) is 18.2. The number of nitrogens with zero attached hydrogens (tertiary/aromatic N) is 1. The second kappa shape index (κ2) is 9.20. The number of urea groups is 1. The molecule has 0 aromatic heterocycles. The molecule has 1 heterocycles. The maximum Gasteiger partial charge on any atom is 0.321 e. The molecule has 1 fully saturated rings. The number of carbonyl (C=O) groups excluding carboxylic acids is 2. The summed E-state index contributed by atoms with van der Waals surface area (Å²) in [5, 5.41) is 6.04. The number of aryl methyl sites for hydroxylation is 2. The maximum absolute atomic E-state index is 12.8. The third-order valence-electron chi connectivity index (χ3n) is 5.94. The van der Waals surface area contributed by atoms with Crippen LogP contribution in [0.15, 0.2) is 42.5 Å². The van der Waals surface area contributed by atoms with Gasteiger partial charge in [-0.05, 0) is 56.0 Å². The first-order valence-electron chi connectivity index (χ1n) is 10.4. The quantitative estimate of drug-likeness (QED) is 0.775. The summed E-state index contributed by atoms with van der Waals surface area (Å²) in [6, 6.07) is 13.5. The number of hydrogen-bond acceptors (Lipinski definition) is 3. The third kappa shape index (κ3) is 5.12. The predicted octanol–water partition coefficient (Wildman–Crippen LogP) is 4.26. The summed E-state index contributed by atoms with van der Waals surface area (Å²) in [6.07, 6.45) is 1.28. The number of carbonyl (C=O) groups is 2. The summed E-state index contributed by atoms with van der Waals surface area (Å²) in [5.41, 5.74) is 3.60. The van der Waals surface area contributed by atoms with Crippen LogP contribution in [-0.2, 0) is 11.3 Å². The highest BCUT2D eigenvalue weighted by Gasteiger charge is 2.38. The van der Waals surface area contributed by atoms with E-state index in [9.17, 15) is 9.59 Å². The van der Waals surface area contributed by atoms with Gasteiger partial charge in [-0.3, -0.25) is 4.79 Å². The third-order valence-corrected chi connectivity index (χ3v) is 5.94. The average molecular weight is 410 g/mol. The summed E-state index contributed by atoms with van der Waals surface area (Å²) in [5.74, 6) is 0.830. The molecule has 0 bridgehead atoms. The predicted molar refractivity (Wildman–Crippen MR) is 119 cm³/mol. The number of piperidine rings is 1. The largest absolute Gasteiger partial charge is 0.497 e. The normalized spacial score (nSPS) is 15.4. The molecule has 0 saturated carbocycles. The fourth-order valence-electron chi connectivity index (χ4n) is 3.72. The van der Waals surface area contributed by atoms with E-state index in [4.69, 9.17) is 4.74 Å². The van der Waals surface area contributed by atoms with E-state index in [0.717, 1.165) is 22.6 Å². The summed E-state index contributed by atoms with van der Waals surface area (Å²) < 4.78 is 5.16. The smallest absolute Gasteiger partial charge is 0.321 e. The minimum absolute atomic E-state index is 0.0350. The summed E-state index contributed by atoms with van der Waals surface area (Å²) in [6.45, 7) is 7.60. The van der Waals surface area contributed by atoms with Crippen LogP contribution >= 0.6 is 0 Å². The molecule has 0 unspecified atom stereocenters. The number of nitrogens with one attached hydrogen (secondary N) is 2. The molecule has 6 nitrogen and oxygen atoms in total. The van der Waals surface area contributed by atoms with Gasteiger partial charge in [-0.15, -0.1) is 0 Å². The zero-order chi connectivity index (χ0) is 21.7. The lowest BCUT2D eigenvalue weighted by Gasteiger charge is -2.38. The Morgan fingerprint density at radius 2 is 1.73 bits per heavy atom. The molecule has 0 aliphatic carbocycles. The Labute approximate surface area is 178 Å². The molecular formula is C24H31N3O3. The molecule has 1 saturated heterocycles. The van der Waals surface area contributed by atoms with Crippen LogP contribution in [0.4, 0.5) is 10.5 Å². The summed E-state index contributed by atoms with van der Waals surface area (Å²) in [4.78, 5) is 27.2. The Morgan fingerprint density at radius 3 is 2.33 bits per heavy atom. The average Bonchev–Trinajstić information content (AvgIpc) is 2.74. The number of anilines is 1. The molecule has 0 radical (unpaired) electrons. The Bertz CT molecular complexity index is 900. The highest BCUT2D eigenvalue weighted by molar-refractivity contribution is 5.90. The SMILES string of the molecule is COc1ccc(CNC(=O)C2(C)CCN(C(=O)Nc3ccc(C)cc3C)CC2)cc1. The van der Waals surface area contributed by atoms with Crippen LogP contribution in [0.1, 0.15) is 36.5 Å². The van der Waals surface area contributed by atoms with Crippen molar-refractivity contribution in [3.05, 3.63) is 59.2 Å². The van der Waals surface area contributed by atoms with Crippen molar-refractivity contribution in [1.82, 2.24) is 10.2 Å². The van der Waals surface area contributed by atoms with E-state index >= 15 is 0 Å². The van der Waals surface area contributed by atoms with Gasteiger partial charge in [-0.2, -0.15) is 0 Å². The van der Waals surface area contributed by atoms with E-state index in [0.29, 0.717) is 32.5 Å². The minimum Gasteiger partial charge on any atom is -0.497 e. The lowest BCUT2D eigenvalue weighted by Crippen LogP contribution is -2.49. The van der Waals surface area contributed by atoms with Gasteiger partial charge in [-0.25, -0.2) is 4.79 Å². The minimum atomic E-state index is -0.469. The van der Waals surface area contributed by atoms with Crippen molar-refractivity contribution in [2.24, 2.45) is 5.41 Å². The first kappa shape index (κ1) is 21.7. The molecular weight excluding hydrogens is 378 g/mol. The number of benzene rings is 2. The van der Waals surface area contributed by atoms with Gasteiger partial charge in [0, 0.05) is 30.7 Å². The Hall–Kier alpha value is -3.02. The molecule has 160 valence electrons. The van der Waals surface area contributed by atoms with Crippen LogP contribution in [-0.4, -0.2) is 37.0 Å². The molecule has 3 amide bonds. The molecule has 6 heteroatoms. The lowest BCUT2D eigenvalue weighted by atomic mass is 9.79. The van der Waals surface area contributed by atoms with Crippen molar-refractivity contribution in [3.63, 3.8) is 0 Å². The fraction of sp³-hybridized carbons (Fsp3) is 0.417. The van der Waals surface area contributed by atoms with Crippen molar-refractivity contribution in [1.29, 1.82) is 0 Å². The van der Waals surface area contributed by atoms with Crippen molar-refractivity contribution < 1.29 is 14.3 Å². The standard InChI is InChI=1S/C24H31N3O3/c1-17-5-10-21(18(2)15-17)26-23(29)27-13-11-24(3,12-14-27)22(28)25-16-19-6-8-20(30-4)9-7-19/h5-10,15H,11-14,16H2,1-4H3,(H,25,28)(H,26,29). The maximum atomic E-state index is 12.8. The topological polar surface area (TPSA) is 70.7 Å². The van der Waals surface area contributed by atoms with E-state index in [-0.39, 0.29) is 11.9 Å². The molecule has 2 aromatic rings. The van der Waals surface area contributed by atoms with E-state index in [2.05, 4.69) is 16.7 Å². The second-order valence-corrected chi connectivity index (χ2v) is 8.33. The van der Waals surface area contributed by atoms with Gasteiger partial charge in [0.15, 0.2) is 0 Å². The lowest BCUT2D eigenvalue weighted by molar-refractivity contribution is -0.132. The van der Waals surface area contributed by atoms with E-state index in [1.54, 1.807) is 12.0 Å². The van der Waals surface area contributed by atoms with Gasteiger partial charge in [-0.1, -0.05) is 36.8 Å². The molecule has 2 aromatic carbocycles. The number of amides is 3. The van der Waals surface area contributed by atoms with Crippen LogP contribution in [0.5, 0.6) is 5.75 Å². The number of likely N-dealkylation sites (tertiary alicyclic amines) is 1. The second-order valence-electron chi connectivity index (χ2n) is 8.33. The summed E-state index contributed by atoms with van der Waals surface area (Å²) >= 11 is 0. The van der Waals surface area contributed by atoms with Gasteiger partial charge >= 0.3 is 6.03 Å². The van der Waals surface area contributed by atoms with Gasteiger partial charge in [0.05, 0.1) is 7.11 Å². The highest BCUT2D eigenvalue weighted by atomic mass is 16.5. The van der Waals surface area contributed by atoms with Crippen LogP contribution < -0.4 is 15.4 Å². The first-order chi connectivity index (χ1) is 14.3. The van der Waals surface area contributed by atoms with Gasteiger partial charge in [0.1, 0.15) is 5.75 Å². The monoisotopic (exact) mass is 409 g/mol. The van der Waals surface area contributed by atoms with E-state index in [1.807, 2.05) is 57.2 Å². The number of methoxy groups -OCH3 is 1. The van der Waals surface area contributed by atoms with Crippen LogP contribution in [0.2, 0.25) is 0 Å². The van der Waals surface area contributed by atoms with Gasteiger partial charge in [0.25, 0.3) is 0 Å². The van der Waals surface area contributed by atoms with Crippen molar-refractivity contribution >= 4 is 17.6 Å². The van der Waals surface area contributed by atoms with E-state index in [1.165, 1.54) is 5.56 Å². The number of rotatable bonds is 5. The van der Waals surface area contributed by atoms with Crippen LogP contribution in [0.3, 0.4) is 0 Å². The highest BCUT2D eigenvalue weighted by Crippen LogP contribution is 2.31. The molecule has 1 aliphatic rings. The molecule has 0 spiro atoms. The van der Waals surface area contributed by atoms with E-state index < -0.39 is 5.41 Å². The molecule has 0 atom stereocenters. The van der Waals surface area contributed by atoms with Crippen molar-refractivity contribution in [3.8, 4) is 5.75 Å². The Balaban J connectivity index is 1.51. The molecule has 30 heavy (non-hydrogen) atoms. The summed E-state index contributed by atoms with van der Waals surface area (Å²) in [7, 11) is 1.63. The van der Waals surface area contributed by atoms with Gasteiger partial charge in [0.2, 0.25) is 5.91 Å². The van der Waals surface area contributed by atoms with Gasteiger partial charge < -0.3 is 20.3 Å².